The third-order valence-electron chi connectivity index (χ3n) is 3.22. The van der Waals surface area contributed by atoms with Crippen molar-refractivity contribution in [3.63, 3.8) is 0 Å². The SMILES string of the molecule is Cc1ccc(C(=O)c2[nH]c3ccccc3c2O)cc1. The summed E-state index contributed by atoms with van der Waals surface area (Å²) in [5.41, 5.74) is 2.66. The molecule has 0 spiro atoms. The second-order valence-corrected chi connectivity index (χ2v) is 4.59. The van der Waals surface area contributed by atoms with Gasteiger partial charge in [0.1, 0.15) is 5.69 Å². The minimum absolute atomic E-state index is 0.0150. The number of carbonyl (C=O) groups is 1. The molecule has 3 heteroatoms. The monoisotopic (exact) mass is 251 g/mol. The smallest absolute Gasteiger partial charge is 0.213 e. The fourth-order valence-electron chi connectivity index (χ4n) is 2.14. The zero-order chi connectivity index (χ0) is 13.4. The number of nitrogens with one attached hydrogen (secondary N) is 1. The molecular weight excluding hydrogens is 238 g/mol. The van der Waals surface area contributed by atoms with Crippen LogP contribution in [0.3, 0.4) is 0 Å². The lowest BCUT2D eigenvalue weighted by atomic mass is 10.1. The topological polar surface area (TPSA) is 53.1 Å². The summed E-state index contributed by atoms with van der Waals surface area (Å²) in [5, 5.41) is 10.8. The lowest BCUT2D eigenvalue weighted by molar-refractivity contribution is 0.103. The van der Waals surface area contributed by atoms with E-state index in [-0.39, 0.29) is 17.2 Å². The van der Waals surface area contributed by atoms with Gasteiger partial charge in [0, 0.05) is 16.5 Å². The van der Waals surface area contributed by atoms with Crippen LogP contribution >= 0.6 is 0 Å². The lowest BCUT2D eigenvalue weighted by Crippen LogP contribution is -2.01. The molecule has 3 nitrogen and oxygen atoms in total. The average molecular weight is 251 g/mol. The van der Waals surface area contributed by atoms with Crippen molar-refractivity contribution < 1.29 is 9.90 Å². The molecule has 3 aromatic rings. The van der Waals surface area contributed by atoms with Crippen LogP contribution in [0.15, 0.2) is 48.5 Å². The van der Waals surface area contributed by atoms with Crippen LogP contribution in [0, 0.1) is 6.92 Å². The first-order chi connectivity index (χ1) is 9.16. The number of H-pyrrole nitrogens is 1. The van der Waals surface area contributed by atoms with Gasteiger partial charge in [0.2, 0.25) is 5.78 Å². The minimum Gasteiger partial charge on any atom is -0.505 e. The number of para-hydroxylation sites is 1. The van der Waals surface area contributed by atoms with Crippen LogP contribution in [0.5, 0.6) is 5.75 Å². The summed E-state index contributed by atoms with van der Waals surface area (Å²) in [7, 11) is 0. The highest BCUT2D eigenvalue weighted by Gasteiger charge is 2.18. The fraction of sp³-hybridized carbons (Fsp3) is 0.0625. The summed E-state index contributed by atoms with van der Waals surface area (Å²) in [4.78, 5) is 15.3. The molecule has 0 aliphatic rings. The summed E-state index contributed by atoms with van der Waals surface area (Å²) < 4.78 is 0. The Morgan fingerprint density at radius 2 is 1.74 bits per heavy atom. The number of benzene rings is 2. The van der Waals surface area contributed by atoms with Gasteiger partial charge in [-0.3, -0.25) is 4.79 Å². The van der Waals surface area contributed by atoms with Gasteiger partial charge < -0.3 is 10.1 Å². The molecule has 94 valence electrons. The van der Waals surface area contributed by atoms with Gasteiger partial charge in [-0.25, -0.2) is 0 Å². The van der Waals surface area contributed by atoms with E-state index in [2.05, 4.69) is 4.98 Å². The van der Waals surface area contributed by atoms with Gasteiger partial charge in [-0.1, -0.05) is 42.0 Å². The largest absolute Gasteiger partial charge is 0.505 e. The van der Waals surface area contributed by atoms with Crippen molar-refractivity contribution >= 4 is 16.7 Å². The summed E-state index contributed by atoms with van der Waals surface area (Å²) >= 11 is 0. The molecule has 1 heterocycles. The van der Waals surface area contributed by atoms with Gasteiger partial charge in [0.25, 0.3) is 0 Å². The molecule has 0 saturated heterocycles. The van der Waals surface area contributed by atoms with E-state index in [0.717, 1.165) is 11.1 Å². The molecular formula is C16H13NO2. The zero-order valence-electron chi connectivity index (χ0n) is 10.5. The fourth-order valence-corrected chi connectivity index (χ4v) is 2.14. The van der Waals surface area contributed by atoms with E-state index in [1.54, 1.807) is 18.2 Å². The summed E-state index contributed by atoms with van der Waals surface area (Å²) in [6.07, 6.45) is 0. The van der Waals surface area contributed by atoms with Crippen LogP contribution in [-0.2, 0) is 0 Å². The minimum atomic E-state index is -0.200. The van der Waals surface area contributed by atoms with Crippen molar-refractivity contribution in [2.75, 3.05) is 0 Å². The van der Waals surface area contributed by atoms with Crippen molar-refractivity contribution in [2.24, 2.45) is 0 Å². The first-order valence-corrected chi connectivity index (χ1v) is 6.08. The Labute approximate surface area is 110 Å². The maximum absolute atomic E-state index is 12.4. The second kappa shape index (κ2) is 4.28. The van der Waals surface area contributed by atoms with E-state index in [9.17, 15) is 9.90 Å². The molecule has 0 bridgehead atoms. The van der Waals surface area contributed by atoms with Gasteiger partial charge in [-0.15, -0.1) is 0 Å². The molecule has 0 aliphatic carbocycles. The molecule has 2 aromatic carbocycles. The van der Waals surface area contributed by atoms with Crippen LogP contribution in [0.4, 0.5) is 0 Å². The van der Waals surface area contributed by atoms with E-state index in [1.165, 1.54) is 0 Å². The van der Waals surface area contributed by atoms with Crippen LogP contribution in [0.2, 0.25) is 0 Å². The summed E-state index contributed by atoms with van der Waals surface area (Å²) in [6, 6.07) is 14.6. The Hall–Kier alpha value is -2.55. The number of aromatic nitrogens is 1. The molecule has 0 amide bonds. The van der Waals surface area contributed by atoms with E-state index < -0.39 is 0 Å². The first-order valence-electron chi connectivity index (χ1n) is 6.08. The van der Waals surface area contributed by atoms with Gasteiger partial charge in [-0.05, 0) is 19.1 Å². The van der Waals surface area contributed by atoms with E-state index >= 15 is 0 Å². The number of hydrogen-bond donors (Lipinski definition) is 2. The van der Waals surface area contributed by atoms with Crippen LogP contribution < -0.4 is 0 Å². The van der Waals surface area contributed by atoms with Crippen molar-refractivity contribution in [1.29, 1.82) is 0 Å². The zero-order valence-corrected chi connectivity index (χ0v) is 10.5. The van der Waals surface area contributed by atoms with Crippen LogP contribution in [0.1, 0.15) is 21.6 Å². The Morgan fingerprint density at radius 3 is 2.42 bits per heavy atom. The third kappa shape index (κ3) is 1.89. The number of carbonyl (C=O) groups excluding carboxylic acids is 1. The summed E-state index contributed by atoms with van der Waals surface area (Å²) in [5.74, 6) is -0.185. The lowest BCUT2D eigenvalue weighted by Gasteiger charge is -2.00. The van der Waals surface area contributed by atoms with Gasteiger partial charge in [0.05, 0.1) is 0 Å². The first kappa shape index (κ1) is 11.5. The number of rotatable bonds is 2. The van der Waals surface area contributed by atoms with E-state index in [1.807, 2.05) is 37.3 Å². The average Bonchev–Trinajstić information content (AvgIpc) is 2.77. The van der Waals surface area contributed by atoms with Crippen LogP contribution in [-0.4, -0.2) is 15.9 Å². The van der Waals surface area contributed by atoms with Crippen molar-refractivity contribution in [1.82, 2.24) is 4.98 Å². The number of hydrogen-bond acceptors (Lipinski definition) is 2. The van der Waals surface area contributed by atoms with Gasteiger partial charge in [-0.2, -0.15) is 0 Å². The van der Waals surface area contributed by atoms with Crippen molar-refractivity contribution in [3.05, 3.63) is 65.4 Å². The molecule has 19 heavy (non-hydrogen) atoms. The van der Waals surface area contributed by atoms with E-state index in [0.29, 0.717) is 10.9 Å². The predicted molar refractivity (Wildman–Crippen MR) is 74.6 cm³/mol. The highest BCUT2D eigenvalue weighted by Crippen LogP contribution is 2.30. The molecule has 3 rings (SSSR count). The second-order valence-electron chi connectivity index (χ2n) is 4.59. The number of aryl methyl sites for hydroxylation is 1. The van der Waals surface area contributed by atoms with Gasteiger partial charge in [0.15, 0.2) is 5.75 Å². The molecule has 0 fully saturated rings. The standard InChI is InChI=1S/C16H13NO2/c1-10-6-8-11(9-7-10)15(18)14-16(19)12-4-2-3-5-13(12)17-14/h2-9,17,19H,1H3. The Bertz CT molecular complexity index is 754. The predicted octanol–water partition coefficient (Wildman–Crippen LogP) is 3.41. The van der Waals surface area contributed by atoms with Crippen LogP contribution in [0.25, 0.3) is 10.9 Å². The maximum atomic E-state index is 12.4. The molecule has 1 aromatic heterocycles. The molecule has 0 aliphatic heterocycles. The number of ketones is 1. The summed E-state index contributed by atoms with van der Waals surface area (Å²) in [6.45, 7) is 1.97. The van der Waals surface area contributed by atoms with E-state index in [4.69, 9.17) is 0 Å². The van der Waals surface area contributed by atoms with Gasteiger partial charge >= 0.3 is 0 Å². The highest BCUT2D eigenvalue weighted by atomic mass is 16.3. The molecule has 2 N–H and O–H groups in total. The molecule has 0 atom stereocenters. The highest BCUT2D eigenvalue weighted by molar-refractivity contribution is 6.13. The number of fused-ring (bicyclic) bond motifs is 1. The molecule has 0 saturated carbocycles. The maximum Gasteiger partial charge on any atom is 0.213 e. The number of aromatic hydroxyl groups is 1. The Kier molecular flexibility index (Phi) is 2.60. The Balaban J connectivity index is 2.11. The number of aromatic amines is 1. The molecule has 0 unspecified atom stereocenters. The Morgan fingerprint density at radius 1 is 1.05 bits per heavy atom. The van der Waals surface area contributed by atoms with Crippen molar-refractivity contribution in [2.45, 2.75) is 6.92 Å². The van der Waals surface area contributed by atoms with Crippen molar-refractivity contribution in [3.8, 4) is 5.75 Å². The third-order valence-corrected chi connectivity index (χ3v) is 3.22. The normalized spacial score (nSPS) is 10.8. The molecule has 0 radical (unpaired) electrons. The quantitative estimate of drug-likeness (QED) is 0.686.